The standard InChI is InChI=1S/C17H17ClN4O2/c1-2-11(9-23)20-17-12-5-6-19-8-14(12)16(21-22-17)13-4-3-10(18)7-15(13)24/h3-8,11,23-24H,2,9H2,1H3,(H,20,22). The van der Waals surface area contributed by atoms with Gasteiger partial charge in [0.1, 0.15) is 11.4 Å². The third kappa shape index (κ3) is 3.11. The van der Waals surface area contributed by atoms with Crippen LogP contribution >= 0.6 is 11.6 Å². The maximum atomic E-state index is 10.2. The maximum Gasteiger partial charge on any atom is 0.157 e. The van der Waals surface area contributed by atoms with Crippen LogP contribution in [0.3, 0.4) is 0 Å². The molecule has 0 aliphatic rings. The van der Waals surface area contributed by atoms with Crippen molar-refractivity contribution in [3.05, 3.63) is 41.7 Å². The Morgan fingerprint density at radius 3 is 2.75 bits per heavy atom. The third-order valence-corrected chi connectivity index (χ3v) is 4.09. The Hall–Kier alpha value is -2.44. The molecule has 7 heteroatoms. The molecule has 24 heavy (non-hydrogen) atoms. The Bertz CT molecular complexity index is 868. The van der Waals surface area contributed by atoms with E-state index in [0.717, 1.165) is 17.2 Å². The van der Waals surface area contributed by atoms with Crippen LogP contribution in [0, 0.1) is 0 Å². The summed E-state index contributed by atoms with van der Waals surface area (Å²) >= 11 is 5.90. The van der Waals surface area contributed by atoms with E-state index in [1.807, 2.05) is 13.0 Å². The lowest BCUT2D eigenvalue weighted by Crippen LogP contribution is -2.23. The molecule has 3 N–H and O–H groups in total. The number of nitrogens with zero attached hydrogens (tertiary/aromatic N) is 3. The molecule has 124 valence electrons. The third-order valence-electron chi connectivity index (χ3n) is 3.85. The monoisotopic (exact) mass is 344 g/mol. The molecule has 0 aliphatic carbocycles. The van der Waals surface area contributed by atoms with Crippen molar-refractivity contribution >= 4 is 28.2 Å². The molecule has 0 amide bonds. The van der Waals surface area contributed by atoms with Crippen molar-refractivity contribution in [3.63, 3.8) is 0 Å². The molecular weight excluding hydrogens is 328 g/mol. The lowest BCUT2D eigenvalue weighted by molar-refractivity contribution is 0.271. The summed E-state index contributed by atoms with van der Waals surface area (Å²) < 4.78 is 0. The van der Waals surface area contributed by atoms with Crippen LogP contribution in [0.2, 0.25) is 5.02 Å². The van der Waals surface area contributed by atoms with E-state index in [4.69, 9.17) is 11.6 Å². The van der Waals surface area contributed by atoms with E-state index in [-0.39, 0.29) is 18.4 Å². The summed E-state index contributed by atoms with van der Waals surface area (Å²) in [7, 11) is 0. The lowest BCUT2D eigenvalue weighted by atomic mass is 10.1. The van der Waals surface area contributed by atoms with Gasteiger partial charge in [-0.15, -0.1) is 10.2 Å². The van der Waals surface area contributed by atoms with Crippen molar-refractivity contribution in [3.8, 4) is 17.0 Å². The number of halogens is 1. The van der Waals surface area contributed by atoms with Crippen LogP contribution in [0.4, 0.5) is 5.82 Å². The number of benzene rings is 1. The molecule has 1 aromatic carbocycles. The summed E-state index contributed by atoms with van der Waals surface area (Å²) in [5.41, 5.74) is 1.06. The van der Waals surface area contributed by atoms with Crippen LogP contribution < -0.4 is 5.32 Å². The van der Waals surface area contributed by atoms with Gasteiger partial charge in [-0.25, -0.2) is 0 Å². The highest BCUT2D eigenvalue weighted by Crippen LogP contribution is 2.35. The number of anilines is 1. The quantitative estimate of drug-likeness (QED) is 0.658. The number of aliphatic hydroxyl groups excluding tert-OH is 1. The summed E-state index contributed by atoms with van der Waals surface area (Å²) in [6, 6.07) is 6.57. The fraction of sp³-hybridized carbons (Fsp3) is 0.235. The molecule has 0 bridgehead atoms. The molecule has 2 aromatic heterocycles. The number of fused-ring (bicyclic) bond motifs is 1. The normalized spacial score (nSPS) is 12.3. The zero-order valence-corrected chi connectivity index (χ0v) is 13.8. The molecule has 0 saturated carbocycles. The number of hydrogen-bond donors (Lipinski definition) is 3. The molecule has 2 heterocycles. The van der Waals surface area contributed by atoms with Gasteiger partial charge in [0.2, 0.25) is 0 Å². The minimum Gasteiger partial charge on any atom is -0.507 e. The van der Waals surface area contributed by atoms with Crippen molar-refractivity contribution in [2.24, 2.45) is 0 Å². The Kier molecular flexibility index (Phi) is 4.78. The predicted molar refractivity (Wildman–Crippen MR) is 94.2 cm³/mol. The van der Waals surface area contributed by atoms with Gasteiger partial charge in [0, 0.05) is 33.8 Å². The second kappa shape index (κ2) is 6.98. The second-order valence-corrected chi connectivity index (χ2v) is 5.85. The number of pyridine rings is 1. The molecule has 0 aliphatic heterocycles. The van der Waals surface area contributed by atoms with Gasteiger partial charge < -0.3 is 15.5 Å². The van der Waals surface area contributed by atoms with Crippen LogP contribution in [-0.2, 0) is 0 Å². The van der Waals surface area contributed by atoms with E-state index in [1.54, 1.807) is 24.5 Å². The topological polar surface area (TPSA) is 91.2 Å². The molecule has 0 spiro atoms. The van der Waals surface area contributed by atoms with Crippen LogP contribution in [-0.4, -0.2) is 38.0 Å². The molecular formula is C17H17ClN4O2. The summed E-state index contributed by atoms with van der Waals surface area (Å²) in [4.78, 5) is 4.15. The van der Waals surface area contributed by atoms with Gasteiger partial charge in [0.25, 0.3) is 0 Å². The number of phenols is 1. The SMILES string of the molecule is CCC(CO)Nc1nnc(-c2ccc(Cl)cc2O)c2cnccc12. The average Bonchev–Trinajstić information content (AvgIpc) is 2.60. The summed E-state index contributed by atoms with van der Waals surface area (Å²) in [5.74, 6) is 0.606. The zero-order chi connectivity index (χ0) is 17.1. The first-order valence-corrected chi connectivity index (χ1v) is 7.98. The molecule has 1 unspecified atom stereocenters. The van der Waals surface area contributed by atoms with Gasteiger partial charge in [-0.2, -0.15) is 0 Å². The molecule has 1 atom stereocenters. The second-order valence-electron chi connectivity index (χ2n) is 5.41. The minimum atomic E-state index is -0.106. The van der Waals surface area contributed by atoms with Crippen LogP contribution in [0.25, 0.3) is 22.0 Å². The van der Waals surface area contributed by atoms with Gasteiger partial charge in [-0.3, -0.25) is 4.98 Å². The number of aliphatic hydroxyl groups is 1. The smallest absolute Gasteiger partial charge is 0.157 e. The Labute approximate surface area is 144 Å². The van der Waals surface area contributed by atoms with Crippen LogP contribution in [0.5, 0.6) is 5.75 Å². The van der Waals surface area contributed by atoms with E-state index >= 15 is 0 Å². The number of hydrogen-bond acceptors (Lipinski definition) is 6. The number of aromatic hydroxyl groups is 1. The van der Waals surface area contributed by atoms with E-state index in [2.05, 4.69) is 20.5 Å². The maximum absolute atomic E-state index is 10.2. The predicted octanol–water partition coefficient (Wildman–Crippen LogP) is 3.23. The van der Waals surface area contributed by atoms with E-state index in [0.29, 0.717) is 22.1 Å². The largest absolute Gasteiger partial charge is 0.507 e. The van der Waals surface area contributed by atoms with Gasteiger partial charge in [0.15, 0.2) is 5.82 Å². The average molecular weight is 345 g/mol. The molecule has 0 radical (unpaired) electrons. The lowest BCUT2D eigenvalue weighted by Gasteiger charge is -2.16. The number of rotatable bonds is 5. The van der Waals surface area contributed by atoms with Gasteiger partial charge in [-0.05, 0) is 30.7 Å². The highest BCUT2D eigenvalue weighted by Gasteiger charge is 2.16. The highest BCUT2D eigenvalue weighted by molar-refractivity contribution is 6.30. The van der Waals surface area contributed by atoms with Gasteiger partial charge in [0.05, 0.1) is 12.6 Å². The van der Waals surface area contributed by atoms with E-state index in [9.17, 15) is 10.2 Å². The van der Waals surface area contributed by atoms with Gasteiger partial charge in [-0.1, -0.05) is 18.5 Å². The van der Waals surface area contributed by atoms with Crippen LogP contribution in [0.15, 0.2) is 36.7 Å². The summed E-state index contributed by atoms with van der Waals surface area (Å²) in [6.45, 7) is 1.98. The summed E-state index contributed by atoms with van der Waals surface area (Å²) in [5, 5.41) is 33.2. The van der Waals surface area contributed by atoms with Crippen molar-refractivity contribution in [2.45, 2.75) is 19.4 Å². The van der Waals surface area contributed by atoms with Crippen LogP contribution in [0.1, 0.15) is 13.3 Å². The first kappa shape index (κ1) is 16.4. The highest BCUT2D eigenvalue weighted by atomic mass is 35.5. The molecule has 6 nitrogen and oxygen atoms in total. The molecule has 3 aromatic rings. The number of aromatic nitrogens is 3. The Balaban J connectivity index is 2.15. The van der Waals surface area contributed by atoms with Crippen molar-refractivity contribution in [1.29, 1.82) is 0 Å². The van der Waals surface area contributed by atoms with E-state index in [1.165, 1.54) is 6.07 Å². The fourth-order valence-corrected chi connectivity index (χ4v) is 2.64. The zero-order valence-electron chi connectivity index (χ0n) is 13.1. The van der Waals surface area contributed by atoms with E-state index < -0.39 is 0 Å². The van der Waals surface area contributed by atoms with Gasteiger partial charge >= 0.3 is 0 Å². The van der Waals surface area contributed by atoms with Crippen molar-refractivity contribution in [1.82, 2.24) is 15.2 Å². The molecule has 0 fully saturated rings. The first-order chi connectivity index (χ1) is 11.6. The number of phenolic OH excluding ortho intramolecular Hbond substituents is 1. The number of nitrogens with one attached hydrogen (secondary N) is 1. The molecule has 0 saturated heterocycles. The van der Waals surface area contributed by atoms with Crippen molar-refractivity contribution in [2.75, 3.05) is 11.9 Å². The fourth-order valence-electron chi connectivity index (χ4n) is 2.48. The minimum absolute atomic E-state index is 0.00445. The first-order valence-electron chi connectivity index (χ1n) is 7.60. The molecule has 3 rings (SSSR count). The summed E-state index contributed by atoms with van der Waals surface area (Å²) in [6.07, 6.45) is 4.10. The Morgan fingerprint density at radius 2 is 2.04 bits per heavy atom. The van der Waals surface area contributed by atoms with Crippen molar-refractivity contribution < 1.29 is 10.2 Å². The Morgan fingerprint density at radius 1 is 1.21 bits per heavy atom.